The van der Waals surface area contributed by atoms with Crippen molar-refractivity contribution < 1.29 is 9.59 Å². The van der Waals surface area contributed by atoms with Gasteiger partial charge in [0.05, 0.1) is 10.7 Å². The molecule has 2 heterocycles. The monoisotopic (exact) mass is 359 g/mol. The molecule has 1 aliphatic rings. The van der Waals surface area contributed by atoms with E-state index >= 15 is 0 Å². The summed E-state index contributed by atoms with van der Waals surface area (Å²) in [5.41, 5.74) is 0.999. The lowest BCUT2D eigenvalue weighted by molar-refractivity contribution is -0.130. The van der Waals surface area contributed by atoms with Crippen LogP contribution in [0.15, 0.2) is 36.4 Å². The van der Waals surface area contributed by atoms with Gasteiger partial charge in [-0.15, -0.1) is 10.2 Å². The zero-order valence-electron chi connectivity index (χ0n) is 13.8. The zero-order valence-corrected chi connectivity index (χ0v) is 14.5. The predicted octanol–water partition coefficient (Wildman–Crippen LogP) is 2.18. The highest BCUT2D eigenvalue weighted by molar-refractivity contribution is 6.33. The van der Waals surface area contributed by atoms with Crippen LogP contribution < -0.4 is 5.32 Å². The number of anilines is 2. The number of benzene rings is 1. The highest BCUT2D eigenvalue weighted by Gasteiger charge is 2.24. The van der Waals surface area contributed by atoms with Gasteiger partial charge >= 0.3 is 0 Å². The molecule has 0 bridgehead atoms. The van der Waals surface area contributed by atoms with Crippen molar-refractivity contribution in [1.29, 1.82) is 0 Å². The number of amides is 2. The molecular weight excluding hydrogens is 342 g/mol. The van der Waals surface area contributed by atoms with Crippen molar-refractivity contribution in [2.75, 3.05) is 31.5 Å². The Bertz CT molecular complexity index is 773. The molecule has 130 valence electrons. The van der Waals surface area contributed by atoms with Crippen LogP contribution in [-0.4, -0.2) is 58.0 Å². The Kier molecular flexibility index (Phi) is 5.14. The lowest BCUT2D eigenvalue weighted by Gasteiger charge is -2.33. The topological polar surface area (TPSA) is 78.4 Å². The van der Waals surface area contributed by atoms with Crippen LogP contribution in [0.5, 0.6) is 0 Å². The van der Waals surface area contributed by atoms with E-state index in [1.54, 1.807) is 28.0 Å². The van der Waals surface area contributed by atoms with Crippen LogP contribution in [0.2, 0.25) is 5.02 Å². The van der Waals surface area contributed by atoms with Gasteiger partial charge in [-0.05, 0) is 24.3 Å². The molecule has 1 fully saturated rings. The minimum absolute atomic E-state index is 0.0295. The molecule has 7 nitrogen and oxygen atoms in total. The van der Waals surface area contributed by atoms with Gasteiger partial charge in [-0.25, -0.2) is 0 Å². The van der Waals surface area contributed by atoms with Crippen LogP contribution in [0.25, 0.3) is 0 Å². The number of halogens is 1. The maximum absolute atomic E-state index is 12.5. The molecule has 8 heteroatoms. The molecule has 3 rings (SSSR count). The van der Waals surface area contributed by atoms with E-state index in [0.29, 0.717) is 37.0 Å². The number of nitrogens with one attached hydrogen (secondary N) is 1. The average Bonchev–Trinajstić information content (AvgIpc) is 2.64. The first kappa shape index (κ1) is 17.2. The van der Waals surface area contributed by atoms with E-state index in [1.165, 1.54) is 6.92 Å². The van der Waals surface area contributed by atoms with E-state index in [1.807, 2.05) is 18.2 Å². The number of hydrogen-bond donors (Lipinski definition) is 1. The number of carbonyl (C=O) groups is 2. The first-order valence-electron chi connectivity index (χ1n) is 7.94. The minimum Gasteiger partial charge on any atom is -0.339 e. The highest BCUT2D eigenvalue weighted by atomic mass is 35.5. The summed E-state index contributed by atoms with van der Waals surface area (Å²) in [6.07, 6.45) is 0. The number of rotatable bonds is 3. The maximum atomic E-state index is 12.5. The maximum Gasteiger partial charge on any atom is 0.274 e. The van der Waals surface area contributed by atoms with Gasteiger partial charge in [0, 0.05) is 33.1 Å². The van der Waals surface area contributed by atoms with E-state index in [0.717, 1.165) is 5.69 Å². The summed E-state index contributed by atoms with van der Waals surface area (Å²) < 4.78 is 0. The fourth-order valence-electron chi connectivity index (χ4n) is 2.60. The molecule has 0 atom stereocenters. The third kappa shape index (κ3) is 4.06. The number of piperazine rings is 1. The van der Waals surface area contributed by atoms with Crippen LogP contribution in [0.1, 0.15) is 17.4 Å². The van der Waals surface area contributed by atoms with Gasteiger partial charge < -0.3 is 15.1 Å². The summed E-state index contributed by atoms with van der Waals surface area (Å²) in [6, 6.07) is 10.6. The molecule has 1 N–H and O–H groups in total. The molecular formula is C17H18ClN5O2. The van der Waals surface area contributed by atoms with E-state index in [-0.39, 0.29) is 17.5 Å². The third-order valence-electron chi connectivity index (χ3n) is 4.03. The summed E-state index contributed by atoms with van der Waals surface area (Å²) in [6.45, 7) is 3.62. The highest BCUT2D eigenvalue weighted by Crippen LogP contribution is 2.23. The fourth-order valence-corrected chi connectivity index (χ4v) is 2.78. The summed E-state index contributed by atoms with van der Waals surface area (Å²) >= 11 is 6.09. The van der Waals surface area contributed by atoms with Gasteiger partial charge in [-0.1, -0.05) is 23.7 Å². The lowest BCUT2D eigenvalue weighted by atomic mass is 10.2. The number of aromatic nitrogens is 2. The van der Waals surface area contributed by atoms with Crippen LogP contribution in [0.3, 0.4) is 0 Å². The first-order valence-corrected chi connectivity index (χ1v) is 8.32. The van der Waals surface area contributed by atoms with Crippen molar-refractivity contribution in [1.82, 2.24) is 20.0 Å². The quantitative estimate of drug-likeness (QED) is 0.908. The Hall–Kier alpha value is -2.67. The normalized spacial score (nSPS) is 14.3. The Labute approximate surface area is 150 Å². The van der Waals surface area contributed by atoms with Crippen molar-refractivity contribution in [3.05, 3.63) is 47.1 Å². The largest absolute Gasteiger partial charge is 0.339 e. The Morgan fingerprint density at radius 1 is 1.00 bits per heavy atom. The van der Waals surface area contributed by atoms with Crippen molar-refractivity contribution >= 4 is 34.9 Å². The molecule has 2 aromatic rings. The smallest absolute Gasteiger partial charge is 0.274 e. The summed E-state index contributed by atoms with van der Waals surface area (Å²) in [4.78, 5) is 27.2. The van der Waals surface area contributed by atoms with Crippen molar-refractivity contribution in [2.45, 2.75) is 6.92 Å². The zero-order chi connectivity index (χ0) is 17.8. The van der Waals surface area contributed by atoms with E-state index in [4.69, 9.17) is 11.6 Å². The van der Waals surface area contributed by atoms with Crippen LogP contribution in [-0.2, 0) is 4.79 Å². The van der Waals surface area contributed by atoms with Crippen LogP contribution in [0, 0.1) is 0 Å². The number of carbonyl (C=O) groups excluding carboxylic acids is 2. The van der Waals surface area contributed by atoms with Gasteiger partial charge in [0.1, 0.15) is 0 Å². The van der Waals surface area contributed by atoms with Gasteiger partial charge in [-0.2, -0.15) is 0 Å². The number of nitrogens with zero attached hydrogens (tertiary/aromatic N) is 4. The summed E-state index contributed by atoms with van der Waals surface area (Å²) in [7, 11) is 0. The standard InChI is InChI=1S/C17H18ClN5O2/c1-12(24)22-8-10-23(11-9-22)17(25)15-6-7-16(21-20-15)19-14-5-3-2-4-13(14)18/h2-7H,8-11H2,1H3,(H,19,21). The van der Waals surface area contributed by atoms with Gasteiger partial charge in [0.2, 0.25) is 5.91 Å². The van der Waals surface area contributed by atoms with Crippen molar-refractivity contribution in [3.8, 4) is 0 Å². The van der Waals surface area contributed by atoms with E-state index < -0.39 is 0 Å². The second-order valence-corrected chi connectivity index (χ2v) is 6.11. The Morgan fingerprint density at radius 3 is 2.28 bits per heavy atom. The molecule has 0 unspecified atom stereocenters. The van der Waals surface area contributed by atoms with Crippen LogP contribution in [0.4, 0.5) is 11.5 Å². The Morgan fingerprint density at radius 2 is 1.68 bits per heavy atom. The van der Waals surface area contributed by atoms with Crippen molar-refractivity contribution in [2.24, 2.45) is 0 Å². The van der Waals surface area contributed by atoms with E-state index in [2.05, 4.69) is 15.5 Å². The molecule has 2 amide bonds. The Balaban J connectivity index is 1.63. The second kappa shape index (κ2) is 7.48. The molecule has 0 aliphatic carbocycles. The third-order valence-corrected chi connectivity index (χ3v) is 4.36. The molecule has 0 spiro atoms. The number of para-hydroxylation sites is 1. The summed E-state index contributed by atoms with van der Waals surface area (Å²) in [5, 5.41) is 11.7. The minimum atomic E-state index is -0.181. The molecule has 1 aromatic heterocycles. The van der Waals surface area contributed by atoms with Gasteiger partial charge in [0.15, 0.2) is 11.5 Å². The molecule has 1 aliphatic heterocycles. The number of hydrogen-bond acceptors (Lipinski definition) is 5. The summed E-state index contributed by atoms with van der Waals surface area (Å²) in [5.74, 6) is 0.355. The molecule has 0 saturated carbocycles. The van der Waals surface area contributed by atoms with E-state index in [9.17, 15) is 9.59 Å². The molecule has 0 radical (unpaired) electrons. The lowest BCUT2D eigenvalue weighted by Crippen LogP contribution is -2.50. The van der Waals surface area contributed by atoms with Crippen molar-refractivity contribution in [3.63, 3.8) is 0 Å². The SMILES string of the molecule is CC(=O)N1CCN(C(=O)c2ccc(Nc3ccccc3Cl)nn2)CC1. The molecule has 1 saturated heterocycles. The second-order valence-electron chi connectivity index (χ2n) is 5.71. The first-order chi connectivity index (χ1) is 12.0. The van der Waals surface area contributed by atoms with Gasteiger partial charge in [0.25, 0.3) is 5.91 Å². The van der Waals surface area contributed by atoms with Gasteiger partial charge in [-0.3, -0.25) is 9.59 Å². The predicted molar refractivity (Wildman–Crippen MR) is 94.9 cm³/mol. The molecule has 25 heavy (non-hydrogen) atoms. The van der Waals surface area contributed by atoms with Crippen LogP contribution >= 0.6 is 11.6 Å². The molecule has 1 aromatic carbocycles. The fraction of sp³-hybridized carbons (Fsp3) is 0.294. The average molecular weight is 360 g/mol.